The molecular weight excluding hydrogens is 212 g/mol. The van der Waals surface area contributed by atoms with Gasteiger partial charge in [0.2, 0.25) is 0 Å². The summed E-state index contributed by atoms with van der Waals surface area (Å²) < 4.78 is 0. The molecule has 1 aromatic rings. The van der Waals surface area contributed by atoms with Gasteiger partial charge in [0, 0.05) is 18.1 Å². The largest absolute Gasteiger partial charge is 0.348 e. The number of pyridine rings is 1. The SMILES string of the molecule is CC(CCCCl)NC(=O)c1ccccn1. The fraction of sp³-hybridized carbons (Fsp3) is 0.455. The molecule has 4 heteroatoms. The van der Waals surface area contributed by atoms with Crippen LogP contribution in [0.15, 0.2) is 24.4 Å². The van der Waals surface area contributed by atoms with E-state index in [1.165, 1.54) is 0 Å². The first kappa shape index (κ1) is 12.0. The van der Waals surface area contributed by atoms with Gasteiger partial charge in [-0.1, -0.05) is 6.07 Å². The summed E-state index contributed by atoms with van der Waals surface area (Å²) in [5, 5.41) is 2.87. The van der Waals surface area contributed by atoms with Crippen LogP contribution in [0.25, 0.3) is 0 Å². The van der Waals surface area contributed by atoms with E-state index in [1.54, 1.807) is 24.4 Å². The highest BCUT2D eigenvalue weighted by Gasteiger charge is 2.09. The van der Waals surface area contributed by atoms with Gasteiger partial charge in [0.1, 0.15) is 5.69 Å². The van der Waals surface area contributed by atoms with Crippen LogP contribution in [0.5, 0.6) is 0 Å². The van der Waals surface area contributed by atoms with Crippen LogP contribution in [-0.2, 0) is 0 Å². The van der Waals surface area contributed by atoms with E-state index in [-0.39, 0.29) is 11.9 Å². The third-order valence-electron chi connectivity index (χ3n) is 2.05. The lowest BCUT2D eigenvalue weighted by atomic mass is 10.2. The second-order valence-corrected chi connectivity index (χ2v) is 3.80. The Hall–Kier alpha value is -1.09. The normalized spacial score (nSPS) is 12.1. The molecule has 3 nitrogen and oxygen atoms in total. The minimum absolute atomic E-state index is 0.127. The van der Waals surface area contributed by atoms with Gasteiger partial charge in [0.25, 0.3) is 5.91 Å². The van der Waals surface area contributed by atoms with Crippen LogP contribution in [0.2, 0.25) is 0 Å². The zero-order chi connectivity index (χ0) is 11.1. The van der Waals surface area contributed by atoms with Gasteiger partial charge in [-0.15, -0.1) is 11.6 Å². The van der Waals surface area contributed by atoms with E-state index >= 15 is 0 Å². The van der Waals surface area contributed by atoms with Gasteiger partial charge in [-0.05, 0) is 31.9 Å². The Bertz CT molecular complexity index is 303. The van der Waals surface area contributed by atoms with Crippen LogP contribution in [0.3, 0.4) is 0 Å². The van der Waals surface area contributed by atoms with Crippen LogP contribution in [-0.4, -0.2) is 22.8 Å². The van der Waals surface area contributed by atoms with Gasteiger partial charge in [-0.2, -0.15) is 0 Å². The van der Waals surface area contributed by atoms with Crippen molar-refractivity contribution in [3.63, 3.8) is 0 Å². The van der Waals surface area contributed by atoms with Gasteiger partial charge >= 0.3 is 0 Å². The highest BCUT2D eigenvalue weighted by Crippen LogP contribution is 2.00. The minimum atomic E-state index is -0.127. The lowest BCUT2D eigenvalue weighted by Crippen LogP contribution is -2.33. The monoisotopic (exact) mass is 226 g/mol. The predicted molar refractivity (Wildman–Crippen MR) is 61.1 cm³/mol. The van der Waals surface area contributed by atoms with Gasteiger partial charge < -0.3 is 5.32 Å². The Labute approximate surface area is 94.9 Å². The molecule has 0 aliphatic carbocycles. The van der Waals surface area contributed by atoms with Crippen molar-refractivity contribution in [3.05, 3.63) is 30.1 Å². The highest BCUT2D eigenvalue weighted by atomic mass is 35.5. The van der Waals surface area contributed by atoms with Crippen molar-refractivity contribution in [3.8, 4) is 0 Å². The highest BCUT2D eigenvalue weighted by molar-refractivity contribution is 6.17. The number of aromatic nitrogens is 1. The van der Waals surface area contributed by atoms with E-state index in [2.05, 4.69) is 10.3 Å². The van der Waals surface area contributed by atoms with Crippen LogP contribution in [0, 0.1) is 0 Å². The molecule has 0 saturated heterocycles. The lowest BCUT2D eigenvalue weighted by Gasteiger charge is -2.12. The van der Waals surface area contributed by atoms with Crippen LogP contribution in [0.1, 0.15) is 30.3 Å². The van der Waals surface area contributed by atoms with Crippen LogP contribution < -0.4 is 5.32 Å². The van der Waals surface area contributed by atoms with Crippen LogP contribution >= 0.6 is 11.6 Å². The molecule has 0 aliphatic heterocycles. The summed E-state index contributed by atoms with van der Waals surface area (Å²) in [4.78, 5) is 15.6. The van der Waals surface area contributed by atoms with E-state index in [1.807, 2.05) is 6.92 Å². The Morgan fingerprint density at radius 2 is 2.40 bits per heavy atom. The summed E-state index contributed by atoms with van der Waals surface area (Å²) in [7, 11) is 0. The maximum atomic E-state index is 11.6. The number of halogens is 1. The number of nitrogens with zero attached hydrogens (tertiary/aromatic N) is 1. The molecule has 82 valence electrons. The molecule has 15 heavy (non-hydrogen) atoms. The van der Waals surface area contributed by atoms with Gasteiger partial charge in [-0.3, -0.25) is 9.78 Å². The molecule has 1 heterocycles. The molecule has 0 aromatic carbocycles. The van der Waals surface area contributed by atoms with Crippen molar-refractivity contribution >= 4 is 17.5 Å². The quantitative estimate of drug-likeness (QED) is 0.783. The molecule has 1 unspecified atom stereocenters. The third kappa shape index (κ3) is 4.30. The molecule has 0 aliphatic rings. The molecule has 1 atom stereocenters. The molecule has 0 fully saturated rings. The molecule has 0 bridgehead atoms. The van der Waals surface area contributed by atoms with Gasteiger partial charge in [0.05, 0.1) is 0 Å². The molecule has 1 aromatic heterocycles. The predicted octanol–water partition coefficient (Wildman–Crippen LogP) is 2.22. The number of amides is 1. The van der Waals surface area contributed by atoms with Crippen molar-refractivity contribution in [1.82, 2.24) is 10.3 Å². The zero-order valence-electron chi connectivity index (χ0n) is 8.74. The molecular formula is C11H15ClN2O. The number of hydrogen-bond donors (Lipinski definition) is 1. The average molecular weight is 227 g/mol. The fourth-order valence-corrected chi connectivity index (χ4v) is 1.40. The molecule has 0 radical (unpaired) electrons. The molecule has 0 saturated carbocycles. The number of alkyl halides is 1. The molecule has 0 spiro atoms. The summed E-state index contributed by atoms with van der Waals surface area (Å²) in [6.07, 6.45) is 3.41. The summed E-state index contributed by atoms with van der Waals surface area (Å²) in [6, 6.07) is 5.42. The van der Waals surface area contributed by atoms with Crippen molar-refractivity contribution in [2.24, 2.45) is 0 Å². The maximum Gasteiger partial charge on any atom is 0.270 e. The molecule has 1 N–H and O–H groups in total. The van der Waals surface area contributed by atoms with E-state index in [0.29, 0.717) is 11.6 Å². The molecule has 1 amide bonds. The van der Waals surface area contributed by atoms with Crippen molar-refractivity contribution in [1.29, 1.82) is 0 Å². The summed E-state index contributed by atoms with van der Waals surface area (Å²) >= 11 is 5.57. The van der Waals surface area contributed by atoms with Crippen LogP contribution in [0.4, 0.5) is 0 Å². The van der Waals surface area contributed by atoms with Gasteiger partial charge in [0.15, 0.2) is 0 Å². The van der Waals surface area contributed by atoms with Gasteiger partial charge in [-0.25, -0.2) is 0 Å². The Kier molecular flexibility index (Phi) is 5.12. The molecule has 1 rings (SSSR count). The second kappa shape index (κ2) is 6.40. The lowest BCUT2D eigenvalue weighted by molar-refractivity contribution is 0.0933. The van der Waals surface area contributed by atoms with Crippen molar-refractivity contribution in [2.45, 2.75) is 25.8 Å². The topological polar surface area (TPSA) is 42.0 Å². The summed E-state index contributed by atoms with van der Waals surface area (Å²) in [6.45, 7) is 1.97. The van der Waals surface area contributed by atoms with Crippen molar-refractivity contribution < 1.29 is 4.79 Å². The Balaban J connectivity index is 2.42. The third-order valence-corrected chi connectivity index (χ3v) is 2.31. The number of carbonyl (C=O) groups excluding carboxylic acids is 1. The standard InChI is InChI=1S/C11H15ClN2O/c1-9(5-4-7-12)14-11(15)10-6-2-3-8-13-10/h2-3,6,8-9H,4-5,7H2,1H3,(H,14,15). The first-order chi connectivity index (χ1) is 7.24. The fourth-order valence-electron chi connectivity index (χ4n) is 1.25. The number of rotatable bonds is 5. The Morgan fingerprint density at radius 3 is 3.00 bits per heavy atom. The number of hydrogen-bond acceptors (Lipinski definition) is 2. The average Bonchev–Trinajstić information content (AvgIpc) is 2.27. The summed E-state index contributed by atoms with van der Waals surface area (Å²) in [5.41, 5.74) is 0.454. The first-order valence-electron chi connectivity index (χ1n) is 5.02. The second-order valence-electron chi connectivity index (χ2n) is 3.42. The van der Waals surface area contributed by atoms with E-state index in [0.717, 1.165) is 12.8 Å². The summed E-state index contributed by atoms with van der Waals surface area (Å²) in [5.74, 6) is 0.502. The number of carbonyl (C=O) groups is 1. The minimum Gasteiger partial charge on any atom is -0.348 e. The maximum absolute atomic E-state index is 11.6. The van der Waals surface area contributed by atoms with E-state index in [4.69, 9.17) is 11.6 Å². The van der Waals surface area contributed by atoms with E-state index in [9.17, 15) is 4.79 Å². The van der Waals surface area contributed by atoms with E-state index < -0.39 is 0 Å². The number of nitrogens with one attached hydrogen (secondary N) is 1. The Morgan fingerprint density at radius 1 is 1.60 bits per heavy atom. The smallest absolute Gasteiger partial charge is 0.270 e. The zero-order valence-corrected chi connectivity index (χ0v) is 9.50. The first-order valence-corrected chi connectivity index (χ1v) is 5.55. The van der Waals surface area contributed by atoms with Crippen molar-refractivity contribution in [2.75, 3.05) is 5.88 Å².